The molecule has 0 atom stereocenters. The Morgan fingerprint density at radius 2 is 1.91 bits per heavy atom. The molecule has 11 heavy (non-hydrogen) atoms. The maximum Gasteiger partial charge on any atom is 0.231 e. The molecule has 0 saturated heterocycles. The zero-order valence-electron chi connectivity index (χ0n) is 5.50. The Hall–Kier alpha value is -0.900. The third kappa shape index (κ3) is 1.03. The lowest BCUT2D eigenvalue weighted by Crippen LogP contribution is -1.92. The first-order valence-electron chi connectivity index (χ1n) is 3.05. The monoisotopic (exact) mass is 216 g/mol. The maximum atomic E-state index is 9.20. The van der Waals surface area contributed by atoms with Gasteiger partial charge in [-0.2, -0.15) is 0 Å². The average Bonchev–Trinajstić information content (AvgIpc) is 2.36. The number of hydrogen-bond donors (Lipinski definition) is 1. The van der Waals surface area contributed by atoms with Crippen LogP contribution in [0.4, 0.5) is 0 Å². The third-order valence-electron chi connectivity index (χ3n) is 1.44. The largest absolute Gasteiger partial charge is 0.507 e. The van der Waals surface area contributed by atoms with Gasteiger partial charge in [0.05, 0.1) is 4.47 Å². The molecule has 0 unspecified atom stereocenters. The van der Waals surface area contributed by atoms with E-state index in [-0.39, 0.29) is 12.5 Å². The molecular formula is C7H5BrO3. The van der Waals surface area contributed by atoms with Gasteiger partial charge in [-0.1, -0.05) is 0 Å². The van der Waals surface area contributed by atoms with Gasteiger partial charge in [-0.25, -0.2) is 0 Å². The summed E-state index contributed by atoms with van der Waals surface area (Å²) in [6.45, 7) is 0.227. The summed E-state index contributed by atoms with van der Waals surface area (Å²) >= 11 is 3.16. The van der Waals surface area contributed by atoms with Gasteiger partial charge in [0.25, 0.3) is 0 Å². The van der Waals surface area contributed by atoms with Crippen LogP contribution in [0.5, 0.6) is 17.2 Å². The second kappa shape index (κ2) is 2.30. The van der Waals surface area contributed by atoms with Crippen LogP contribution in [0.2, 0.25) is 0 Å². The molecule has 0 saturated carbocycles. The fourth-order valence-electron chi connectivity index (χ4n) is 0.906. The molecule has 1 N–H and O–H groups in total. The Morgan fingerprint density at radius 3 is 2.64 bits per heavy atom. The van der Waals surface area contributed by atoms with Crippen LogP contribution in [0.1, 0.15) is 0 Å². The van der Waals surface area contributed by atoms with Gasteiger partial charge in [0.2, 0.25) is 6.79 Å². The molecule has 0 fully saturated rings. The molecule has 1 aromatic rings. The molecule has 1 aliphatic heterocycles. The molecule has 1 heterocycles. The Labute approximate surface area is 71.7 Å². The number of rotatable bonds is 0. The van der Waals surface area contributed by atoms with Crippen molar-refractivity contribution in [1.82, 2.24) is 0 Å². The summed E-state index contributed by atoms with van der Waals surface area (Å²) in [6.07, 6.45) is 0. The van der Waals surface area contributed by atoms with Crippen LogP contribution >= 0.6 is 15.9 Å². The van der Waals surface area contributed by atoms with Crippen molar-refractivity contribution >= 4 is 15.9 Å². The standard InChI is InChI=1S/C7H5BrO3/c8-4-1-6-7(2-5(4)9)11-3-10-6/h1-2,9H,3H2. The Morgan fingerprint density at radius 1 is 1.27 bits per heavy atom. The number of phenols is 1. The maximum absolute atomic E-state index is 9.20. The molecule has 0 aliphatic carbocycles. The van der Waals surface area contributed by atoms with Gasteiger partial charge in [0, 0.05) is 12.1 Å². The number of phenolic OH excluding ortho intramolecular Hbond substituents is 1. The lowest BCUT2D eigenvalue weighted by atomic mass is 10.3. The average molecular weight is 217 g/mol. The van der Waals surface area contributed by atoms with Crippen molar-refractivity contribution < 1.29 is 14.6 Å². The van der Waals surface area contributed by atoms with Gasteiger partial charge >= 0.3 is 0 Å². The molecule has 58 valence electrons. The molecule has 3 nitrogen and oxygen atoms in total. The number of halogens is 1. The molecule has 0 spiro atoms. The first kappa shape index (κ1) is 6.79. The zero-order chi connectivity index (χ0) is 7.84. The van der Waals surface area contributed by atoms with E-state index >= 15 is 0 Å². The van der Waals surface area contributed by atoms with Crippen molar-refractivity contribution in [2.75, 3.05) is 6.79 Å². The summed E-state index contributed by atoms with van der Waals surface area (Å²) in [4.78, 5) is 0. The first-order chi connectivity index (χ1) is 5.27. The third-order valence-corrected chi connectivity index (χ3v) is 2.08. The predicted octanol–water partition coefficient (Wildman–Crippen LogP) is 1.88. The summed E-state index contributed by atoms with van der Waals surface area (Å²) in [5, 5.41) is 9.20. The fraction of sp³-hybridized carbons (Fsp3) is 0.143. The number of hydrogen-bond acceptors (Lipinski definition) is 3. The van der Waals surface area contributed by atoms with Crippen molar-refractivity contribution in [2.24, 2.45) is 0 Å². The molecule has 0 amide bonds. The van der Waals surface area contributed by atoms with Gasteiger partial charge in [0.1, 0.15) is 5.75 Å². The molecule has 0 radical (unpaired) electrons. The van der Waals surface area contributed by atoms with Gasteiger partial charge in [-0.3, -0.25) is 0 Å². The highest BCUT2D eigenvalue weighted by atomic mass is 79.9. The van der Waals surface area contributed by atoms with Crippen molar-refractivity contribution in [3.05, 3.63) is 16.6 Å². The second-order valence-electron chi connectivity index (χ2n) is 2.16. The van der Waals surface area contributed by atoms with E-state index in [1.807, 2.05) is 0 Å². The highest BCUT2D eigenvalue weighted by molar-refractivity contribution is 9.10. The number of aromatic hydroxyl groups is 1. The van der Waals surface area contributed by atoms with E-state index in [1.165, 1.54) is 6.07 Å². The van der Waals surface area contributed by atoms with E-state index in [4.69, 9.17) is 9.47 Å². The molecular weight excluding hydrogens is 212 g/mol. The van der Waals surface area contributed by atoms with Gasteiger partial charge in [0.15, 0.2) is 11.5 Å². The normalized spacial score (nSPS) is 13.5. The molecule has 0 bridgehead atoms. The van der Waals surface area contributed by atoms with Crippen LogP contribution in [0.25, 0.3) is 0 Å². The van der Waals surface area contributed by atoms with E-state index in [1.54, 1.807) is 6.07 Å². The summed E-state index contributed by atoms with van der Waals surface area (Å²) in [5.41, 5.74) is 0. The first-order valence-corrected chi connectivity index (χ1v) is 3.85. The van der Waals surface area contributed by atoms with Crippen molar-refractivity contribution in [1.29, 1.82) is 0 Å². The van der Waals surface area contributed by atoms with Crippen LogP contribution < -0.4 is 9.47 Å². The number of ether oxygens (including phenoxy) is 2. The van der Waals surface area contributed by atoms with Crippen LogP contribution in [-0.4, -0.2) is 11.9 Å². The minimum absolute atomic E-state index is 0.161. The molecule has 0 aromatic heterocycles. The Kier molecular flexibility index (Phi) is 1.42. The van der Waals surface area contributed by atoms with E-state index < -0.39 is 0 Å². The van der Waals surface area contributed by atoms with E-state index in [2.05, 4.69) is 15.9 Å². The minimum Gasteiger partial charge on any atom is -0.507 e. The second-order valence-corrected chi connectivity index (χ2v) is 3.01. The molecule has 1 aromatic carbocycles. The number of fused-ring (bicyclic) bond motifs is 1. The SMILES string of the molecule is Oc1cc2c(cc1Br)OCO2. The molecule has 4 heteroatoms. The molecule has 1 aliphatic rings. The Balaban J connectivity index is 2.57. The van der Waals surface area contributed by atoms with Crippen LogP contribution in [0.15, 0.2) is 16.6 Å². The highest BCUT2D eigenvalue weighted by Crippen LogP contribution is 2.39. The lowest BCUT2D eigenvalue weighted by Gasteiger charge is -1.98. The quantitative estimate of drug-likeness (QED) is 0.720. The number of benzene rings is 1. The lowest BCUT2D eigenvalue weighted by molar-refractivity contribution is 0.174. The van der Waals surface area contributed by atoms with E-state index in [0.717, 1.165) is 0 Å². The topological polar surface area (TPSA) is 38.7 Å². The summed E-state index contributed by atoms with van der Waals surface area (Å²) in [5.74, 6) is 1.41. The van der Waals surface area contributed by atoms with Crippen LogP contribution in [-0.2, 0) is 0 Å². The van der Waals surface area contributed by atoms with Crippen molar-refractivity contribution in [3.8, 4) is 17.2 Å². The highest BCUT2D eigenvalue weighted by Gasteiger charge is 2.15. The van der Waals surface area contributed by atoms with Gasteiger partial charge < -0.3 is 14.6 Å². The van der Waals surface area contributed by atoms with E-state index in [0.29, 0.717) is 16.0 Å². The van der Waals surface area contributed by atoms with Crippen molar-refractivity contribution in [3.63, 3.8) is 0 Å². The van der Waals surface area contributed by atoms with Crippen LogP contribution in [0, 0.1) is 0 Å². The summed E-state index contributed by atoms with van der Waals surface area (Å²) in [7, 11) is 0. The summed E-state index contributed by atoms with van der Waals surface area (Å²) < 4.78 is 10.7. The fourth-order valence-corrected chi connectivity index (χ4v) is 1.23. The van der Waals surface area contributed by atoms with Gasteiger partial charge in [-0.05, 0) is 15.9 Å². The van der Waals surface area contributed by atoms with Gasteiger partial charge in [-0.15, -0.1) is 0 Å². The van der Waals surface area contributed by atoms with E-state index in [9.17, 15) is 5.11 Å². The van der Waals surface area contributed by atoms with Crippen LogP contribution in [0.3, 0.4) is 0 Å². The minimum atomic E-state index is 0.161. The zero-order valence-corrected chi connectivity index (χ0v) is 7.09. The Bertz CT molecular complexity index is 269. The van der Waals surface area contributed by atoms with Crippen molar-refractivity contribution in [2.45, 2.75) is 0 Å². The predicted molar refractivity (Wildman–Crippen MR) is 41.9 cm³/mol. The smallest absolute Gasteiger partial charge is 0.231 e. The summed E-state index contributed by atoms with van der Waals surface area (Å²) in [6, 6.07) is 3.20. The molecule has 2 rings (SSSR count).